The number of hydrogen-bond acceptors (Lipinski definition) is 3. The summed E-state index contributed by atoms with van der Waals surface area (Å²) in [6.45, 7) is 8.20. The maximum Gasteiger partial charge on any atom is 0.134 e. The number of methoxy groups -OCH3 is 2. The highest BCUT2D eigenvalue weighted by molar-refractivity contribution is 5.51. The molecule has 0 spiro atoms. The molecule has 0 atom stereocenters. The summed E-state index contributed by atoms with van der Waals surface area (Å²) >= 11 is 0. The molecule has 0 fully saturated rings. The fourth-order valence-electron chi connectivity index (χ4n) is 2.16. The first kappa shape index (κ1) is 15.2. The summed E-state index contributed by atoms with van der Waals surface area (Å²) < 4.78 is 16.8. The second kappa shape index (κ2) is 6.08. The van der Waals surface area contributed by atoms with Crippen molar-refractivity contribution in [1.82, 2.24) is 0 Å². The van der Waals surface area contributed by atoms with Gasteiger partial charge in [-0.15, -0.1) is 0 Å². The third kappa shape index (κ3) is 3.13. The van der Waals surface area contributed by atoms with E-state index in [1.54, 1.807) is 14.2 Å². The summed E-state index contributed by atoms with van der Waals surface area (Å²) in [5.74, 6) is 3.21. The summed E-state index contributed by atoms with van der Waals surface area (Å²) in [6.07, 6.45) is 0. The van der Waals surface area contributed by atoms with Crippen molar-refractivity contribution >= 4 is 0 Å². The van der Waals surface area contributed by atoms with Gasteiger partial charge in [0, 0.05) is 12.1 Å². The average molecular weight is 286 g/mol. The predicted octanol–water partition coefficient (Wildman–Crippen LogP) is 4.73. The summed E-state index contributed by atoms with van der Waals surface area (Å²) in [7, 11) is 3.32. The molecule has 0 aliphatic heterocycles. The van der Waals surface area contributed by atoms with E-state index in [9.17, 15) is 0 Å². The molecule has 3 nitrogen and oxygen atoms in total. The lowest BCUT2D eigenvalue weighted by Gasteiger charge is -2.16. The Balaban J connectivity index is 2.47. The van der Waals surface area contributed by atoms with E-state index in [4.69, 9.17) is 14.2 Å². The van der Waals surface area contributed by atoms with Gasteiger partial charge in [-0.3, -0.25) is 0 Å². The quantitative estimate of drug-likeness (QED) is 0.813. The molecule has 112 valence electrons. The van der Waals surface area contributed by atoms with Crippen molar-refractivity contribution in [3.8, 4) is 23.0 Å². The summed E-state index contributed by atoms with van der Waals surface area (Å²) in [5, 5.41) is 0. The van der Waals surface area contributed by atoms with E-state index in [0.29, 0.717) is 0 Å². The van der Waals surface area contributed by atoms with Crippen LogP contribution >= 0.6 is 0 Å². The molecule has 21 heavy (non-hydrogen) atoms. The average Bonchev–Trinajstić information content (AvgIpc) is 2.47. The molecule has 0 aliphatic carbocycles. The minimum Gasteiger partial charge on any atom is -0.497 e. The van der Waals surface area contributed by atoms with E-state index in [1.165, 1.54) is 0 Å². The molecule has 0 aliphatic rings. The fourth-order valence-corrected chi connectivity index (χ4v) is 2.16. The van der Waals surface area contributed by atoms with Crippen LogP contribution in [0.25, 0.3) is 0 Å². The number of aryl methyl sites for hydroxylation is 2. The van der Waals surface area contributed by atoms with Gasteiger partial charge in [0.2, 0.25) is 0 Å². The Kier molecular flexibility index (Phi) is 4.41. The van der Waals surface area contributed by atoms with Crippen molar-refractivity contribution in [3.63, 3.8) is 0 Å². The van der Waals surface area contributed by atoms with Crippen molar-refractivity contribution in [3.05, 3.63) is 46.5 Å². The number of benzene rings is 2. The molecule has 2 rings (SSSR count). The van der Waals surface area contributed by atoms with Crippen LogP contribution < -0.4 is 14.2 Å². The molecule has 0 heterocycles. The third-order valence-electron chi connectivity index (χ3n) is 3.88. The third-order valence-corrected chi connectivity index (χ3v) is 3.88. The van der Waals surface area contributed by atoms with Crippen LogP contribution in [0.1, 0.15) is 22.3 Å². The summed E-state index contributed by atoms with van der Waals surface area (Å²) in [6, 6.07) is 7.84. The van der Waals surface area contributed by atoms with Gasteiger partial charge in [0.1, 0.15) is 23.0 Å². The second-order valence-corrected chi connectivity index (χ2v) is 5.24. The zero-order valence-electron chi connectivity index (χ0n) is 13.5. The van der Waals surface area contributed by atoms with E-state index in [2.05, 4.69) is 0 Å². The van der Waals surface area contributed by atoms with Crippen LogP contribution in [0.15, 0.2) is 24.3 Å². The Morgan fingerprint density at radius 2 is 1.00 bits per heavy atom. The molecule has 0 saturated carbocycles. The number of ether oxygens (including phenoxy) is 3. The first-order valence-electron chi connectivity index (χ1n) is 6.94. The molecular formula is C18H22O3. The van der Waals surface area contributed by atoms with E-state index < -0.39 is 0 Å². The van der Waals surface area contributed by atoms with Gasteiger partial charge in [-0.05, 0) is 62.1 Å². The van der Waals surface area contributed by atoms with E-state index >= 15 is 0 Å². The van der Waals surface area contributed by atoms with Crippen LogP contribution in [-0.2, 0) is 0 Å². The lowest BCUT2D eigenvalue weighted by Crippen LogP contribution is -1.96. The molecule has 0 amide bonds. The minimum absolute atomic E-state index is 0.797. The van der Waals surface area contributed by atoms with Gasteiger partial charge in [-0.25, -0.2) is 0 Å². The highest BCUT2D eigenvalue weighted by Crippen LogP contribution is 2.35. The monoisotopic (exact) mass is 286 g/mol. The molecule has 0 bridgehead atoms. The van der Waals surface area contributed by atoms with Gasteiger partial charge >= 0.3 is 0 Å². The highest BCUT2D eigenvalue weighted by Gasteiger charge is 2.11. The van der Waals surface area contributed by atoms with E-state index in [-0.39, 0.29) is 0 Å². The molecule has 2 aromatic rings. The van der Waals surface area contributed by atoms with Crippen molar-refractivity contribution in [1.29, 1.82) is 0 Å². The number of hydrogen-bond donors (Lipinski definition) is 0. The zero-order valence-corrected chi connectivity index (χ0v) is 13.5. The SMILES string of the molecule is COc1cc(C)c(C)c(Oc2cc(OC)cc(C)c2C)c1. The van der Waals surface area contributed by atoms with Crippen LogP contribution in [0.4, 0.5) is 0 Å². The van der Waals surface area contributed by atoms with Crippen LogP contribution in [0.5, 0.6) is 23.0 Å². The lowest BCUT2D eigenvalue weighted by molar-refractivity contribution is 0.402. The maximum atomic E-state index is 6.13. The lowest BCUT2D eigenvalue weighted by atomic mass is 10.1. The van der Waals surface area contributed by atoms with Crippen LogP contribution in [0.2, 0.25) is 0 Å². The van der Waals surface area contributed by atoms with Crippen LogP contribution in [0, 0.1) is 27.7 Å². The molecule has 0 saturated heterocycles. The smallest absolute Gasteiger partial charge is 0.134 e. The number of rotatable bonds is 4. The Morgan fingerprint density at radius 3 is 1.33 bits per heavy atom. The predicted molar refractivity (Wildman–Crippen MR) is 85.0 cm³/mol. The van der Waals surface area contributed by atoms with Crippen LogP contribution in [-0.4, -0.2) is 14.2 Å². The van der Waals surface area contributed by atoms with Gasteiger partial charge in [-0.2, -0.15) is 0 Å². The largest absolute Gasteiger partial charge is 0.497 e. The second-order valence-electron chi connectivity index (χ2n) is 5.24. The van der Waals surface area contributed by atoms with Gasteiger partial charge in [0.05, 0.1) is 14.2 Å². The van der Waals surface area contributed by atoms with Crippen molar-refractivity contribution < 1.29 is 14.2 Å². The highest BCUT2D eigenvalue weighted by atomic mass is 16.5. The van der Waals surface area contributed by atoms with Crippen molar-refractivity contribution in [2.24, 2.45) is 0 Å². The summed E-state index contributed by atoms with van der Waals surface area (Å²) in [5.41, 5.74) is 4.49. The molecular weight excluding hydrogens is 264 g/mol. The van der Waals surface area contributed by atoms with E-state index in [0.717, 1.165) is 45.3 Å². The topological polar surface area (TPSA) is 27.7 Å². The molecule has 2 aromatic carbocycles. The zero-order chi connectivity index (χ0) is 15.6. The Labute approximate surface area is 126 Å². The van der Waals surface area contributed by atoms with Crippen molar-refractivity contribution in [2.75, 3.05) is 14.2 Å². The van der Waals surface area contributed by atoms with E-state index in [1.807, 2.05) is 52.0 Å². The Hall–Kier alpha value is -2.16. The standard InChI is InChI=1S/C18H22O3/c1-11-7-15(19-5)9-17(13(11)3)21-18-10-16(20-6)8-12(2)14(18)4/h7-10H,1-6H3. The van der Waals surface area contributed by atoms with Gasteiger partial charge in [0.25, 0.3) is 0 Å². The fraction of sp³-hybridized carbons (Fsp3) is 0.333. The molecule has 3 heteroatoms. The molecule has 0 radical (unpaired) electrons. The normalized spacial score (nSPS) is 10.4. The van der Waals surface area contributed by atoms with Gasteiger partial charge in [-0.1, -0.05) is 0 Å². The van der Waals surface area contributed by atoms with Crippen molar-refractivity contribution in [2.45, 2.75) is 27.7 Å². The Morgan fingerprint density at radius 1 is 0.619 bits per heavy atom. The first-order valence-corrected chi connectivity index (χ1v) is 6.94. The molecule has 0 unspecified atom stereocenters. The van der Waals surface area contributed by atoms with Gasteiger partial charge in [0.15, 0.2) is 0 Å². The molecule has 0 N–H and O–H groups in total. The minimum atomic E-state index is 0.797. The van der Waals surface area contributed by atoms with Gasteiger partial charge < -0.3 is 14.2 Å². The maximum absolute atomic E-state index is 6.13. The Bertz CT molecular complexity index is 602. The molecule has 0 aromatic heterocycles. The van der Waals surface area contributed by atoms with Crippen LogP contribution in [0.3, 0.4) is 0 Å². The summed E-state index contributed by atoms with van der Waals surface area (Å²) in [4.78, 5) is 0. The first-order chi connectivity index (χ1) is 9.96.